The van der Waals surface area contributed by atoms with Gasteiger partial charge in [0.05, 0.1) is 12.7 Å². The summed E-state index contributed by atoms with van der Waals surface area (Å²) < 4.78 is 10.9. The van der Waals surface area contributed by atoms with Gasteiger partial charge in [0.25, 0.3) is 0 Å². The summed E-state index contributed by atoms with van der Waals surface area (Å²) in [4.78, 5) is 4.49. The van der Waals surface area contributed by atoms with Crippen molar-refractivity contribution in [2.75, 3.05) is 18.5 Å². The fourth-order valence-electron chi connectivity index (χ4n) is 2.14. The molecule has 3 aromatic rings. The molecule has 0 radical (unpaired) electrons. The van der Waals surface area contributed by atoms with Crippen molar-refractivity contribution >= 4 is 16.8 Å². The SMILES string of the molecule is c1ccc2oc(-c3ccc(NCC4CO4)cc3)nc2c1. The van der Waals surface area contributed by atoms with Crippen LogP contribution in [-0.2, 0) is 4.74 Å². The zero-order valence-corrected chi connectivity index (χ0v) is 10.9. The van der Waals surface area contributed by atoms with Gasteiger partial charge < -0.3 is 14.5 Å². The maximum absolute atomic E-state index is 5.75. The number of fused-ring (bicyclic) bond motifs is 1. The molecule has 1 aromatic heterocycles. The number of epoxide rings is 1. The molecule has 1 aliphatic rings. The van der Waals surface area contributed by atoms with Gasteiger partial charge in [-0.25, -0.2) is 4.98 Å². The molecule has 1 fully saturated rings. The zero-order valence-electron chi connectivity index (χ0n) is 10.9. The van der Waals surface area contributed by atoms with Crippen molar-refractivity contribution < 1.29 is 9.15 Å². The van der Waals surface area contributed by atoms with Crippen molar-refractivity contribution in [2.45, 2.75) is 6.10 Å². The van der Waals surface area contributed by atoms with Crippen LogP contribution in [0.5, 0.6) is 0 Å². The third kappa shape index (κ3) is 2.26. The van der Waals surface area contributed by atoms with Crippen LogP contribution in [0, 0.1) is 0 Å². The molecule has 2 aromatic carbocycles. The molecule has 1 saturated heterocycles. The summed E-state index contributed by atoms with van der Waals surface area (Å²) in [7, 11) is 0. The highest BCUT2D eigenvalue weighted by atomic mass is 16.6. The topological polar surface area (TPSA) is 50.6 Å². The molecule has 4 rings (SSSR count). The number of hydrogen-bond donors (Lipinski definition) is 1. The van der Waals surface area contributed by atoms with E-state index in [-0.39, 0.29) is 0 Å². The number of para-hydroxylation sites is 2. The van der Waals surface area contributed by atoms with Crippen LogP contribution in [0.2, 0.25) is 0 Å². The number of nitrogens with one attached hydrogen (secondary N) is 1. The first-order chi connectivity index (χ1) is 9.88. The predicted molar refractivity (Wildman–Crippen MR) is 77.7 cm³/mol. The average Bonchev–Trinajstić information content (AvgIpc) is 3.22. The van der Waals surface area contributed by atoms with Gasteiger partial charge in [0, 0.05) is 17.8 Å². The second kappa shape index (κ2) is 4.65. The van der Waals surface area contributed by atoms with Gasteiger partial charge in [0.2, 0.25) is 5.89 Å². The van der Waals surface area contributed by atoms with Gasteiger partial charge >= 0.3 is 0 Å². The predicted octanol–water partition coefficient (Wildman–Crippen LogP) is 3.31. The first-order valence-corrected chi connectivity index (χ1v) is 6.70. The van der Waals surface area contributed by atoms with Crippen molar-refractivity contribution in [2.24, 2.45) is 0 Å². The van der Waals surface area contributed by atoms with Crippen LogP contribution in [0.3, 0.4) is 0 Å². The van der Waals surface area contributed by atoms with Crippen LogP contribution in [0.25, 0.3) is 22.6 Å². The summed E-state index contributed by atoms with van der Waals surface area (Å²) in [5.74, 6) is 0.656. The van der Waals surface area contributed by atoms with Gasteiger partial charge in [-0.3, -0.25) is 0 Å². The molecule has 0 amide bonds. The number of aromatic nitrogens is 1. The third-order valence-electron chi connectivity index (χ3n) is 3.36. The van der Waals surface area contributed by atoms with E-state index in [1.54, 1.807) is 0 Å². The standard InChI is InChI=1S/C16H14N2O2/c1-2-4-15-14(3-1)18-16(20-15)11-5-7-12(8-6-11)17-9-13-10-19-13/h1-8,13,17H,9-10H2. The molecule has 0 saturated carbocycles. The molecule has 100 valence electrons. The number of hydrogen-bond acceptors (Lipinski definition) is 4. The molecule has 1 N–H and O–H groups in total. The number of ether oxygens (including phenoxy) is 1. The van der Waals surface area contributed by atoms with Crippen LogP contribution in [0.15, 0.2) is 52.9 Å². The van der Waals surface area contributed by atoms with Gasteiger partial charge in [-0.15, -0.1) is 0 Å². The molecule has 0 bridgehead atoms. The molecule has 4 heteroatoms. The van der Waals surface area contributed by atoms with Crippen LogP contribution in [0.1, 0.15) is 0 Å². The van der Waals surface area contributed by atoms with Gasteiger partial charge in [-0.05, 0) is 36.4 Å². The monoisotopic (exact) mass is 266 g/mol. The average molecular weight is 266 g/mol. The highest BCUT2D eigenvalue weighted by Gasteiger charge is 2.21. The summed E-state index contributed by atoms with van der Waals surface area (Å²) in [6.07, 6.45) is 0.381. The molecular weight excluding hydrogens is 252 g/mol. The maximum atomic E-state index is 5.75. The largest absolute Gasteiger partial charge is 0.436 e. The lowest BCUT2D eigenvalue weighted by atomic mass is 10.2. The van der Waals surface area contributed by atoms with E-state index in [0.29, 0.717) is 12.0 Å². The van der Waals surface area contributed by atoms with E-state index in [1.165, 1.54) is 0 Å². The Morgan fingerprint density at radius 3 is 2.65 bits per heavy atom. The van der Waals surface area contributed by atoms with Crippen molar-refractivity contribution in [1.82, 2.24) is 4.98 Å². The van der Waals surface area contributed by atoms with Crippen molar-refractivity contribution in [3.8, 4) is 11.5 Å². The fourth-order valence-corrected chi connectivity index (χ4v) is 2.14. The molecule has 2 heterocycles. The Labute approximate surface area is 116 Å². The van der Waals surface area contributed by atoms with Crippen molar-refractivity contribution in [3.05, 3.63) is 48.5 Å². The van der Waals surface area contributed by atoms with E-state index < -0.39 is 0 Å². The first-order valence-electron chi connectivity index (χ1n) is 6.70. The van der Waals surface area contributed by atoms with Crippen molar-refractivity contribution in [1.29, 1.82) is 0 Å². The molecule has 20 heavy (non-hydrogen) atoms. The highest BCUT2D eigenvalue weighted by Crippen LogP contribution is 2.25. The molecule has 4 nitrogen and oxygen atoms in total. The highest BCUT2D eigenvalue weighted by molar-refractivity contribution is 5.76. The number of benzene rings is 2. The normalized spacial score (nSPS) is 17.3. The lowest BCUT2D eigenvalue weighted by Crippen LogP contribution is -2.07. The van der Waals surface area contributed by atoms with E-state index >= 15 is 0 Å². The van der Waals surface area contributed by atoms with Crippen LogP contribution in [0.4, 0.5) is 5.69 Å². The summed E-state index contributed by atoms with van der Waals surface area (Å²) in [6.45, 7) is 1.73. The Kier molecular flexibility index (Phi) is 2.67. The Morgan fingerprint density at radius 2 is 1.90 bits per heavy atom. The van der Waals surface area contributed by atoms with E-state index in [1.807, 2.05) is 48.5 Å². The maximum Gasteiger partial charge on any atom is 0.227 e. The van der Waals surface area contributed by atoms with Gasteiger partial charge in [-0.1, -0.05) is 12.1 Å². The van der Waals surface area contributed by atoms with E-state index in [4.69, 9.17) is 9.15 Å². The first kappa shape index (κ1) is 11.5. The van der Waals surface area contributed by atoms with Crippen LogP contribution in [-0.4, -0.2) is 24.2 Å². The number of rotatable bonds is 4. The molecule has 1 aliphatic heterocycles. The minimum atomic E-state index is 0.381. The molecule has 0 aliphatic carbocycles. The summed E-state index contributed by atoms with van der Waals surface area (Å²) in [6, 6.07) is 15.9. The van der Waals surface area contributed by atoms with E-state index in [2.05, 4.69) is 10.3 Å². The van der Waals surface area contributed by atoms with Gasteiger partial charge in [0.15, 0.2) is 5.58 Å². The zero-order chi connectivity index (χ0) is 13.4. The second-order valence-electron chi connectivity index (χ2n) is 4.90. The fraction of sp³-hybridized carbons (Fsp3) is 0.188. The van der Waals surface area contributed by atoms with Crippen LogP contribution >= 0.6 is 0 Å². The summed E-state index contributed by atoms with van der Waals surface area (Å²) in [5, 5.41) is 3.34. The number of nitrogens with zero attached hydrogens (tertiary/aromatic N) is 1. The molecule has 1 atom stereocenters. The quantitative estimate of drug-likeness (QED) is 0.736. The van der Waals surface area contributed by atoms with Crippen LogP contribution < -0.4 is 5.32 Å². The minimum absolute atomic E-state index is 0.381. The Hall–Kier alpha value is -2.33. The summed E-state index contributed by atoms with van der Waals surface area (Å²) >= 11 is 0. The van der Waals surface area contributed by atoms with E-state index in [0.717, 1.165) is 35.5 Å². The smallest absolute Gasteiger partial charge is 0.227 e. The van der Waals surface area contributed by atoms with Gasteiger partial charge in [-0.2, -0.15) is 0 Å². The lowest BCUT2D eigenvalue weighted by Gasteiger charge is -2.04. The molecule has 1 unspecified atom stereocenters. The molecule has 0 spiro atoms. The Balaban J connectivity index is 1.57. The Morgan fingerprint density at radius 1 is 1.10 bits per heavy atom. The minimum Gasteiger partial charge on any atom is -0.436 e. The third-order valence-corrected chi connectivity index (χ3v) is 3.36. The molecular formula is C16H14N2O2. The lowest BCUT2D eigenvalue weighted by molar-refractivity contribution is 0.417. The Bertz CT molecular complexity index is 697. The van der Waals surface area contributed by atoms with E-state index in [9.17, 15) is 0 Å². The van der Waals surface area contributed by atoms with Crippen molar-refractivity contribution in [3.63, 3.8) is 0 Å². The number of oxazole rings is 1. The number of anilines is 1. The second-order valence-corrected chi connectivity index (χ2v) is 4.90. The van der Waals surface area contributed by atoms with Gasteiger partial charge in [0.1, 0.15) is 5.52 Å². The summed E-state index contributed by atoms with van der Waals surface area (Å²) in [5.41, 5.74) is 3.76.